The molecule has 9 atom stereocenters. The SMILES string of the molecule is COc1cccc2c1C[C@H]1CC(=O)C(CC[C@@H](C)CO[Si](C)(C)C(C)(C)C)[C@H]1C2.COc1cccc2c1C[C@H]1C[C@@H](O)[C@H](CC[C@@H](C)CO[Si](C)(C)C(C)(C)C)[C@H]1C2. The fraction of sp³-hybridized carbons (Fsp3) is 0.740. The number of carbonyl (C=O) groups is 1. The van der Waals surface area contributed by atoms with Gasteiger partial charge >= 0.3 is 0 Å². The topological polar surface area (TPSA) is 74.2 Å². The summed E-state index contributed by atoms with van der Waals surface area (Å²) >= 11 is 0. The number of ketones is 1. The summed E-state index contributed by atoms with van der Waals surface area (Å²) in [4.78, 5) is 12.9. The Bertz CT molecular complexity index is 1670. The van der Waals surface area contributed by atoms with Crippen LogP contribution in [0.1, 0.15) is 116 Å². The van der Waals surface area contributed by atoms with Crippen molar-refractivity contribution >= 4 is 22.4 Å². The summed E-state index contributed by atoms with van der Waals surface area (Å²) < 4.78 is 24.0. The van der Waals surface area contributed by atoms with Crippen LogP contribution in [0, 0.1) is 47.3 Å². The maximum Gasteiger partial charge on any atom is 0.191 e. The summed E-state index contributed by atoms with van der Waals surface area (Å²) in [6.07, 6.45) is 10.1. The quantitative estimate of drug-likeness (QED) is 0.191. The van der Waals surface area contributed by atoms with Crippen molar-refractivity contribution in [3.63, 3.8) is 0 Å². The summed E-state index contributed by atoms with van der Waals surface area (Å²) in [5.41, 5.74) is 5.53. The standard InChI is InChI=1S/C25H42O3Si.C25H40O3Si/c2*1-17(16-28-29(6,7)25(2,3)4)11-12-20-21-13-18-9-8-10-24(27-5)22(18)14-19(21)15-23(20)26/h8-10,17,19-21,23,26H,11-16H2,1-7H3;8-10,17,19-21H,11-16H2,1-7H3/t17-,19+,20-,21+,23-;17-,19+,20?,21+/m11/s1. The molecule has 0 aliphatic heterocycles. The number of fused-ring (bicyclic) bond motifs is 4. The van der Waals surface area contributed by atoms with Gasteiger partial charge in [-0.2, -0.15) is 0 Å². The van der Waals surface area contributed by atoms with Crippen molar-refractivity contribution in [2.75, 3.05) is 27.4 Å². The molecule has 0 aromatic heterocycles. The number of hydrogen-bond acceptors (Lipinski definition) is 6. The molecule has 4 aliphatic carbocycles. The Kier molecular flexibility index (Phi) is 15.4. The molecular weight excluding hydrogens is 753 g/mol. The van der Waals surface area contributed by atoms with Crippen LogP contribution in [0.25, 0.3) is 0 Å². The third-order valence-corrected chi connectivity index (χ3v) is 25.0. The van der Waals surface area contributed by atoms with Gasteiger partial charge in [0.05, 0.1) is 20.3 Å². The minimum atomic E-state index is -1.70. The highest BCUT2D eigenvalue weighted by Gasteiger charge is 2.46. The number of aliphatic hydroxyl groups is 1. The van der Waals surface area contributed by atoms with Gasteiger partial charge in [0.1, 0.15) is 17.3 Å². The first-order valence-electron chi connectivity index (χ1n) is 22.8. The van der Waals surface area contributed by atoms with Gasteiger partial charge in [0.15, 0.2) is 16.6 Å². The van der Waals surface area contributed by atoms with Crippen LogP contribution in [0.4, 0.5) is 0 Å². The van der Waals surface area contributed by atoms with Crippen molar-refractivity contribution in [2.24, 2.45) is 47.3 Å². The second kappa shape index (κ2) is 19.0. The average molecular weight is 835 g/mol. The van der Waals surface area contributed by atoms with E-state index in [2.05, 4.69) is 118 Å². The molecule has 4 aliphatic rings. The van der Waals surface area contributed by atoms with E-state index in [1.54, 1.807) is 14.2 Å². The number of Topliss-reactive ketones (excluding diaryl/α,β-unsaturated/α-hetero) is 1. The van der Waals surface area contributed by atoms with Gasteiger partial charge in [-0.15, -0.1) is 0 Å². The Balaban J connectivity index is 0.000000221. The van der Waals surface area contributed by atoms with Crippen molar-refractivity contribution in [3.8, 4) is 11.5 Å². The molecule has 1 unspecified atom stereocenters. The third-order valence-electron chi connectivity index (χ3n) is 16.0. The Morgan fingerprint density at radius 2 is 1.14 bits per heavy atom. The molecule has 6 nitrogen and oxygen atoms in total. The maximum atomic E-state index is 12.9. The predicted octanol–water partition coefficient (Wildman–Crippen LogP) is 11.9. The fourth-order valence-electron chi connectivity index (χ4n) is 10.0. The molecule has 2 fully saturated rings. The molecule has 0 bridgehead atoms. The first-order valence-corrected chi connectivity index (χ1v) is 28.7. The zero-order chi connectivity index (χ0) is 42.8. The van der Waals surface area contributed by atoms with E-state index in [-0.39, 0.29) is 22.1 Å². The Labute approximate surface area is 356 Å². The Morgan fingerprint density at radius 3 is 1.62 bits per heavy atom. The first kappa shape index (κ1) is 47.1. The van der Waals surface area contributed by atoms with Crippen molar-refractivity contribution in [1.29, 1.82) is 0 Å². The largest absolute Gasteiger partial charge is 0.496 e. The van der Waals surface area contributed by atoms with Gasteiger partial charge in [-0.05, 0) is 170 Å². The van der Waals surface area contributed by atoms with Crippen molar-refractivity contribution in [2.45, 2.75) is 162 Å². The predicted molar refractivity (Wildman–Crippen MR) is 245 cm³/mol. The molecule has 2 saturated carbocycles. The molecule has 2 aromatic rings. The molecular formula is C50H82O6Si2. The van der Waals surface area contributed by atoms with Crippen LogP contribution in [0.5, 0.6) is 11.5 Å². The molecule has 1 N–H and O–H groups in total. The third kappa shape index (κ3) is 10.9. The summed E-state index contributed by atoms with van der Waals surface area (Å²) in [5, 5.41) is 11.4. The number of aliphatic hydroxyl groups excluding tert-OH is 1. The van der Waals surface area contributed by atoms with E-state index < -0.39 is 16.6 Å². The molecule has 2 aromatic carbocycles. The minimum Gasteiger partial charge on any atom is -0.496 e. The van der Waals surface area contributed by atoms with Crippen molar-refractivity contribution < 1.29 is 28.2 Å². The molecule has 0 saturated heterocycles. The molecule has 58 heavy (non-hydrogen) atoms. The number of hydrogen-bond donors (Lipinski definition) is 1. The summed E-state index contributed by atoms with van der Waals surface area (Å²) in [7, 11) is 0.136. The van der Waals surface area contributed by atoms with Gasteiger partial charge in [-0.25, -0.2) is 0 Å². The molecule has 0 radical (unpaired) electrons. The lowest BCUT2D eigenvalue weighted by molar-refractivity contribution is -0.121. The molecule has 6 rings (SSSR count). The summed E-state index contributed by atoms with van der Waals surface area (Å²) in [5.74, 6) is 6.43. The highest BCUT2D eigenvalue weighted by atomic mass is 28.4. The van der Waals surface area contributed by atoms with Gasteiger partial charge < -0.3 is 23.4 Å². The van der Waals surface area contributed by atoms with E-state index in [1.807, 2.05) is 0 Å². The van der Waals surface area contributed by atoms with E-state index >= 15 is 0 Å². The normalized spacial score (nSPS) is 26.7. The molecule has 0 heterocycles. The maximum absolute atomic E-state index is 12.9. The van der Waals surface area contributed by atoms with Crippen molar-refractivity contribution in [3.05, 3.63) is 58.7 Å². The average Bonchev–Trinajstić information content (AvgIpc) is 3.63. The highest BCUT2D eigenvalue weighted by molar-refractivity contribution is 6.74. The van der Waals surface area contributed by atoms with Crippen LogP contribution in [0.3, 0.4) is 0 Å². The van der Waals surface area contributed by atoms with Crippen LogP contribution in [-0.4, -0.2) is 61.1 Å². The summed E-state index contributed by atoms with van der Waals surface area (Å²) in [6.45, 7) is 29.3. The van der Waals surface area contributed by atoms with Crippen LogP contribution in [-0.2, 0) is 39.3 Å². The highest BCUT2D eigenvalue weighted by Crippen LogP contribution is 2.49. The molecule has 326 valence electrons. The number of benzene rings is 2. The van der Waals surface area contributed by atoms with Gasteiger partial charge in [0.25, 0.3) is 0 Å². The van der Waals surface area contributed by atoms with E-state index in [0.717, 1.165) is 88.9 Å². The molecule has 8 heteroatoms. The van der Waals surface area contributed by atoms with E-state index in [9.17, 15) is 9.90 Å². The number of ether oxygens (including phenoxy) is 2. The van der Waals surface area contributed by atoms with E-state index in [0.29, 0.717) is 47.2 Å². The van der Waals surface area contributed by atoms with Crippen molar-refractivity contribution in [1.82, 2.24) is 0 Å². The fourth-order valence-corrected chi connectivity index (χ4v) is 12.3. The number of rotatable bonds is 14. The monoisotopic (exact) mass is 835 g/mol. The lowest BCUT2D eigenvalue weighted by atomic mass is 9.73. The zero-order valence-corrected chi connectivity index (χ0v) is 41.1. The van der Waals surface area contributed by atoms with Gasteiger partial charge in [0.2, 0.25) is 0 Å². The lowest BCUT2D eigenvalue weighted by Crippen LogP contribution is -2.41. The van der Waals surface area contributed by atoms with Crippen LogP contribution in [0.15, 0.2) is 36.4 Å². The molecule has 0 amide bonds. The number of carbonyl (C=O) groups excluding carboxylic acids is 1. The summed E-state index contributed by atoms with van der Waals surface area (Å²) in [6, 6.07) is 12.8. The second-order valence-corrected chi connectivity index (χ2v) is 31.7. The van der Waals surface area contributed by atoms with E-state index in [1.165, 1.54) is 22.3 Å². The van der Waals surface area contributed by atoms with Crippen LogP contribution < -0.4 is 9.47 Å². The Hall–Kier alpha value is -1.98. The van der Waals surface area contributed by atoms with Crippen LogP contribution in [0.2, 0.25) is 36.3 Å². The Morgan fingerprint density at radius 1 is 0.672 bits per heavy atom. The smallest absolute Gasteiger partial charge is 0.191 e. The van der Waals surface area contributed by atoms with Gasteiger partial charge in [-0.1, -0.05) is 79.7 Å². The zero-order valence-electron chi connectivity index (χ0n) is 39.1. The number of methoxy groups -OCH3 is 2. The van der Waals surface area contributed by atoms with E-state index in [4.69, 9.17) is 18.3 Å². The minimum absolute atomic E-state index is 0.154. The lowest BCUT2D eigenvalue weighted by Gasteiger charge is -2.37. The van der Waals surface area contributed by atoms with Gasteiger partial charge in [-0.3, -0.25) is 4.79 Å². The van der Waals surface area contributed by atoms with Gasteiger partial charge in [0, 0.05) is 25.6 Å². The second-order valence-electron chi connectivity index (χ2n) is 22.1. The first-order chi connectivity index (χ1) is 27.1. The van der Waals surface area contributed by atoms with Crippen LogP contribution >= 0.6 is 0 Å². The molecule has 0 spiro atoms.